The summed E-state index contributed by atoms with van der Waals surface area (Å²) in [7, 11) is 0. The molecule has 0 amide bonds. The predicted molar refractivity (Wildman–Crippen MR) is 142 cm³/mol. The molecule has 176 valence electrons. The molecule has 0 saturated carbocycles. The molecule has 0 N–H and O–H groups in total. The number of anilines is 1. The number of aromatic nitrogens is 1. The third kappa shape index (κ3) is 5.91. The number of thiazole rings is 1. The Bertz CT molecular complexity index is 1170. The summed E-state index contributed by atoms with van der Waals surface area (Å²) in [5, 5.41) is 1.20. The van der Waals surface area contributed by atoms with Crippen molar-refractivity contribution in [2.24, 2.45) is 0 Å². The minimum atomic E-state index is 0.521. The van der Waals surface area contributed by atoms with Gasteiger partial charge >= 0.3 is 0 Å². The van der Waals surface area contributed by atoms with Gasteiger partial charge in [0.1, 0.15) is 17.4 Å². The number of benzene rings is 3. The highest BCUT2D eigenvalue weighted by atomic mass is 32.2. The Morgan fingerprint density at radius 3 is 2.47 bits per heavy atom. The number of piperazine rings is 1. The minimum Gasteiger partial charge on any atom is -0.489 e. The van der Waals surface area contributed by atoms with Crippen LogP contribution in [0.2, 0.25) is 0 Å². The summed E-state index contributed by atoms with van der Waals surface area (Å²) < 4.78 is 13.1. The van der Waals surface area contributed by atoms with Crippen molar-refractivity contribution < 1.29 is 8.92 Å². The van der Waals surface area contributed by atoms with Crippen LogP contribution < -0.4 is 9.64 Å². The van der Waals surface area contributed by atoms with E-state index >= 15 is 0 Å². The quantitative estimate of drug-likeness (QED) is 0.210. The smallest absolute Gasteiger partial charge is 0.142 e. The van der Waals surface area contributed by atoms with Crippen molar-refractivity contribution in [3.8, 4) is 5.75 Å². The number of ether oxygens (including phenoxy) is 1. The van der Waals surface area contributed by atoms with E-state index in [0.717, 1.165) is 54.6 Å². The fourth-order valence-corrected chi connectivity index (χ4v) is 5.60. The van der Waals surface area contributed by atoms with E-state index in [0.29, 0.717) is 13.2 Å². The molecule has 2 heterocycles. The molecule has 1 saturated heterocycles. The molecule has 0 aliphatic carbocycles. The monoisotopic (exact) mass is 491 g/mol. The molecule has 0 unspecified atom stereocenters. The zero-order valence-corrected chi connectivity index (χ0v) is 21.0. The van der Waals surface area contributed by atoms with Crippen LogP contribution in [0.3, 0.4) is 0 Å². The molecule has 1 aliphatic heterocycles. The van der Waals surface area contributed by atoms with Gasteiger partial charge in [0.25, 0.3) is 0 Å². The molecule has 1 aromatic heterocycles. The van der Waals surface area contributed by atoms with Crippen LogP contribution in [0, 0.1) is 6.92 Å². The lowest BCUT2D eigenvalue weighted by atomic mass is 10.2. The first kappa shape index (κ1) is 23.2. The van der Waals surface area contributed by atoms with E-state index in [9.17, 15) is 0 Å². The van der Waals surface area contributed by atoms with E-state index in [2.05, 4.69) is 83.5 Å². The first-order valence-electron chi connectivity index (χ1n) is 11.6. The summed E-state index contributed by atoms with van der Waals surface area (Å²) in [6.07, 6.45) is 0. The largest absolute Gasteiger partial charge is 0.489 e. The summed E-state index contributed by atoms with van der Waals surface area (Å²) >= 11 is 3.20. The molecule has 0 radical (unpaired) electrons. The van der Waals surface area contributed by atoms with Crippen LogP contribution in [-0.2, 0) is 10.7 Å². The maximum absolute atomic E-state index is 6.10. The van der Waals surface area contributed by atoms with E-state index in [4.69, 9.17) is 13.9 Å². The molecule has 1 fully saturated rings. The molecular weight excluding hydrogens is 462 g/mol. The van der Waals surface area contributed by atoms with Crippen LogP contribution in [0.5, 0.6) is 5.75 Å². The molecule has 0 spiro atoms. The molecule has 0 bridgehead atoms. The van der Waals surface area contributed by atoms with Crippen LogP contribution in [-0.4, -0.2) is 49.3 Å². The Kier molecular flexibility index (Phi) is 7.65. The maximum atomic E-state index is 6.10. The summed E-state index contributed by atoms with van der Waals surface area (Å²) in [5.41, 5.74) is 3.52. The molecule has 7 heteroatoms. The van der Waals surface area contributed by atoms with Crippen molar-refractivity contribution in [3.05, 3.63) is 83.4 Å². The number of nitrogens with zero attached hydrogens (tertiary/aromatic N) is 3. The van der Waals surface area contributed by atoms with Crippen molar-refractivity contribution in [1.29, 1.82) is 0 Å². The van der Waals surface area contributed by atoms with Gasteiger partial charge in [0.05, 0.1) is 29.1 Å². The first-order valence-corrected chi connectivity index (χ1v) is 13.2. The molecule has 3 aromatic carbocycles. The highest BCUT2D eigenvalue weighted by Gasteiger charge is 2.20. The second-order valence-corrected chi connectivity index (χ2v) is 10.4. The van der Waals surface area contributed by atoms with E-state index in [1.54, 1.807) is 11.3 Å². The molecule has 1 aliphatic rings. The van der Waals surface area contributed by atoms with E-state index in [-0.39, 0.29) is 0 Å². The lowest BCUT2D eigenvalue weighted by Gasteiger charge is -2.36. The predicted octanol–water partition coefficient (Wildman–Crippen LogP) is 6.03. The van der Waals surface area contributed by atoms with Crippen molar-refractivity contribution in [2.45, 2.75) is 18.4 Å². The minimum absolute atomic E-state index is 0.521. The van der Waals surface area contributed by atoms with Gasteiger partial charge in [0.15, 0.2) is 0 Å². The van der Waals surface area contributed by atoms with Crippen LogP contribution in [0.1, 0.15) is 10.6 Å². The van der Waals surface area contributed by atoms with Crippen molar-refractivity contribution in [2.75, 3.05) is 44.3 Å². The van der Waals surface area contributed by atoms with Crippen molar-refractivity contribution in [1.82, 2.24) is 9.88 Å². The molecule has 4 aromatic rings. The molecular formula is C27H29N3O2S2. The van der Waals surface area contributed by atoms with Crippen LogP contribution in [0.25, 0.3) is 10.2 Å². The number of hydrogen-bond donors (Lipinski definition) is 0. The van der Waals surface area contributed by atoms with Gasteiger partial charge in [0.2, 0.25) is 0 Å². The fraction of sp³-hybridized carbons (Fsp3) is 0.296. The van der Waals surface area contributed by atoms with Crippen LogP contribution in [0.4, 0.5) is 5.69 Å². The lowest BCUT2D eigenvalue weighted by molar-refractivity contribution is 0.234. The van der Waals surface area contributed by atoms with Gasteiger partial charge in [-0.1, -0.05) is 42.0 Å². The zero-order chi connectivity index (χ0) is 23.2. The molecule has 34 heavy (non-hydrogen) atoms. The summed E-state index contributed by atoms with van der Waals surface area (Å²) in [6, 6.07) is 25.0. The normalized spacial score (nSPS) is 14.6. The van der Waals surface area contributed by atoms with E-state index < -0.39 is 0 Å². The third-order valence-corrected chi connectivity index (χ3v) is 7.65. The summed E-state index contributed by atoms with van der Waals surface area (Å²) in [5.74, 6) is 0.922. The van der Waals surface area contributed by atoms with Gasteiger partial charge < -0.3 is 13.8 Å². The topological polar surface area (TPSA) is 37.8 Å². The van der Waals surface area contributed by atoms with Gasteiger partial charge in [-0.25, -0.2) is 4.98 Å². The average Bonchev–Trinajstić information content (AvgIpc) is 3.28. The first-order chi connectivity index (χ1) is 16.7. The average molecular weight is 492 g/mol. The summed E-state index contributed by atoms with van der Waals surface area (Å²) in [4.78, 5) is 10.8. The van der Waals surface area contributed by atoms with E-state index in [1.165, 1.54) is 27.3 Å². The highest BCUT2D eigenvalue weighted by molar-refractivity contribution is 7.94. The van der Waals surface area contributed by atoms with Crippen LogP contribution >= 0.6 is 23.4 Å². The summed E-state index contributed by atoms with van der Waals surface area (Å²) in [6.45, 7) is 8.04. The Morgan fingerprint density at radius 1 is 0.882 bits per heavy atom. The second-order valence-electron chi connectivity index (χ2n) is 8.37. The number of fused-ring (bicyclic) bond motifs is 1. The van der Waals surface area contributed by atoms with Gasteiger partial charge in [-0.3, -0.25) is 4.90 Å². The number of hydrogen-bond acceptors (Lipinski definition) is 7. The van der Waals surface area contributed by atoms with Crippen molar-refractivity contribution >= 4 is 39.3 Å². The Balaban J connectivity index is 1.10. The number of para-hydroxylation sites is 3. The van der Waals surface area contributed by atoms with Gasteiger partial charge in [0, 0.05) is 43.1 Å². The fourth-order valence-electron chi connectivity index (χ4n) is 4.06. The number of aryl methyl sites for hydroxylation is 1. The SMILES string of the molecule is Cc1ccc(SOCCOc2ccccc2N2CCN(Cc3nc4ccccc4s3)CC2)cc1. The van der Waals surface area contributed by atoms with Crippen LogP contribution in [0.15, 0.2) is 77.7 Å². The standard InChI is InChI=1S/C27H29N3O2S2/c1-21-10-12-22(13-11-21)34-32-19-18-31-25-8-4-3-7-24(25)30-16-14-29(15-17-30)20-27-28-23-6-2-5-9-26(23)33-27/h2-13H,14-20H2,1H3. The third-order valence-electron chi connectivity index (χ3n) is 5.88. The zero-order valence-electron chi connectivity index (χ0n) is 19.4. The molecule has 5 rings (SSSR count). The van der Waals surface area contributed by atoms with Gasteiger partial charge in [-0.2, -0.15) is 0 Å². The van der Waals surface area contributed by atoms with E-state index in [1.807, 2.05) is 6.07 Å². The number of rotatable bonds is 9. The highest BCUT2D eigenvalue weighted by Crippen LogP contribution is 2.30. The van der Waals surface area contributed by atoms with Gasteiger partial charge in [-0.15, -0.1) is 11.3 Å². The Labute approximate surface area is 209 Å². The Morgan fingerprint density at radius 2 is 1.65 bits per heavy atom. The maximum Gasteiger partial charge on any atom is 0.142 e. The lowest BCUT2D eigenvalue weighted by Crippen LogP contribution is -2.46. The van der Waals surface area contributed by atoms with Crippen molar-refractivity contribution in [3.63, 3.8) is 0 Å². The Hall–Kier alpha value is -2.58. The van der Waals surface area contributed by atoms with Gasteiger partial charge in [-0.05, 0) is 43.3 Å². The molecule has 5 nitrogen and oxygen atoms in total. The second kappa shape index (κ2) is 11.2. The molecule has 0 atom stereocenters.